The number of aromatic nitrogens is 4. The molecular formula is C14H16N6O3. The Hall–Kier alpha value is -3.36. The van der Waals surface area contributed by atoms with E-state index in [0.717, 1.165) is 23.5 Å². The molecule has 3 aromatic rings. The fourth-order valence-electron chi connectivity index (χ4n) is 1.82. The molecule has 9 nitrogen and oxygen atoms in total. The summed E-state index contributed by atoms with van der Waals surface area (Å²) in [5.41, 5.74) is 7.24. The van der Waals surface area contributed by atoms with Crippen molar-refractivity contribution in [3.63, 3.8) is 0 Å². The summed E-state index contributed by atoms with van der Waals surface area (Å²) >= 11 is 0. The highest BCUT2D eigenvalue weighted by atomic mass is 16.5. The summed E-state index contributed by atoms with van der Waals surface area (Å²) in [6.45, 7) is 1.08. The molecule has 0 bridgehead atoms. The second kappa shape index (κ2) is 7.07. The highest BCUT2D eigenvalue weighted by Gasteiger charge is 2.08. The van der Waals surface area contributed by atoms with Gasteiger partial charge in [0.1, 0.15) is 11.6 Å². The minimum Gasteiger partial charge on any atom is -0.494 e. The van der Waals surface area contributed by atoms with Crippen molar-refractivity contribution in [1.29, 1.82) is 0 Å². The zero-order valence-electron chi connectivity index (χ0n) is 12.6. The van der Waals surface area contributed by atoms with E-state index in [-0.39, 0.29) is 5.95 Å². The first kappa shape index (κ1) is 16.0. The monoisotopic (exact) mass is 316 g/mol. The van der Waals surface area contributed by atoms with E-state index in [2.05, 4.69) is 25.5 Å². The molecular weight excluding hydrogens is 300 g/mol. The Bertz CT molecular complexity index is 813. The number of methoxy groups -OCH3 is 1. The molecule has 0 radical (unpaired) electrons. The third-order valence-corrected chi connectivity index (χ3v) is 2.70. The number of carboxylic acids is 1. The number of fused-ring (bicyclic) bond motifs is 1. The first-order valence-corrected chi connectivity index (χ1v) is 6.55. The Labute approximate surface area is 131 Å². The van der Waals surface area contributed by atoms with Gasteiger partial charge in [0.25, 0.3) is 5.97 Å². The molecule has 2 aromatic heterocycles. The molecule has 120 valence electrons. The van der Waals surface area contributed by atoms with Crippen molar-refractivity contribution in [1.82, 2.24) is 20.2 Å². The lowest BCUT2D eigenvalue weighted by atomic mass is 10.2. The molecule has 0 atom stereocenters. The van der Waals surface area contributed by atoms with Gasteiger partial charge in [0.05, 0.1) is 24.5 Å². The second-order valence-electron chi connectivity index (χ2n) is 4.45. The number of carbonyl (C=O) groups is 1. The average molecular weight is 316 g/mol. The molecule has 0 unspecified atom stereocenters. The fourth-order valence-corrected chi connectivity index (χ4v) is 1.82. The fraction of sp³-hybridized carbons (Fsp3) is 0.143. The lowest BCUT2D eigenvalue weighted by Gasteiger charge is -2.10. The van der Waals surface area contributed by atoms with Crippen LogP contribution in [0.5, 0.6) is 5.75 Å². The first-order valence-electron chi connectivity index (χ1n) is 6.55. The number of nitrogen functional groups attached to an aromatic ring is 1. The van der Waals surface area contributed by atoms with E-state index in [1.807, 2.05) is 12.1 Å². The topological polar surface area (TPSA) is 139 Å². The smallest absolute Gasteiger partial charge is 0.300 e. The van der Waals surface area contributed by atoms with Gasteiger partial charge in [-0.05, 0) is 12.1 Å². The van der Waals surface area contributed by atoms with Gasteiger partial charge in [-0.3, -0.25) is 9.89 Å². The van der Waals surface area contributed by atoms with E-state index in [4.69, 9.17) is 20.4 Å². The number of benzene rings is 1. The standard InChI is InChI=1S/C12H12N6O.C2H4O2/c1-19-10-5-8-7(6-15-18-8)4-9(10)16-11-2-3-14-12(13)17-11;1-2(3)4/h2-6H,1H3,(H,15,18)(H3,13,14,16,17);1H3,(H,3,4). The van der Waals surface area contributed by atoms with E-state index < -0.39 is 5.97 Å². The van der Waals surface area contributed by atoms with E-state index in [1.54, 1.807) is 25.6 Å². The number of H-pyrrole nitrogens is 1. The van der Waals surface area contributed by atoms with Gasteiger partial charge in [0.15, 0.2) is 0 Å². The molecule has 1 aromatic carbocycles. The molecule has 0 aliphatic carbocycles. The quantitative estimate of drug-likeness (QED) is 0.573. The number of ether oxygens (including phenoxy) is 1. The van der Waals surface area contributed by atoms with Crippen LogP contribution in [0.2, 0.25) is 0 Å². The van der Waals surface area contributed by atoms with Gasteiger partial charge in [-0.15, -0.1) is 0 Å². The SMILES string of the molecule is CC(=O)O.COc1cc2[nH]ncc2cc1Nc1ccnc(N)n1. The molecule has 5 N–H and O–H groups in total. The summed E-state index contributed by atoms with van der Waals surface area (Å²) in [7, 11) is 1.61. The Balaban J connectivity index is 0.000000433. The Kier molecular flexibility index (Phi) is 4.92. The first-order chi connectivity index (χ1) is 11.0. The number of aliphatic carboxylic acids is 1. The summed E-state index contributed by atoms with van der Waals surface area (Å²) in [4.78, 5) is 16.9. The van der Waals surface area contributed by atoms with E-state index in [0.29, 0.717) is 11.6 Å². The van der Waals surface area contributed by atoms with Crippen LogP contribution < -0.4 is 15.8 Å². The Morgan fingerprint density at radius 3 is 2.83 bits per heavy atom. The number of anilines is 3. The molecule has 0 aliphatic heterocycles. The van der Waals surface area contributed by atoms with Crippen LogP contribution >= 0.6 is 0 Å². The van der Waals surface area contributed by atoms with Gasteiger partial charge < -0.3 is 20.9 Å². The van der Waals surface area contributed by atoms with Gasteiger partial charge in [-0.25, -0.2) is 4.98 Å². The van der Waals surface area contributed by atoms with Crippen molar-refractivity contribution in [3.8, 4) is 5.75 Å². The van der Waals surface area contributed by atoms with Crippen LogP contribution in [0, 0.1) is 0 Å². The van der Waals surface area contributed by atoms with Crippen LogP contribution in [0.25, 0.3) is 10.9 Å². The molecule has 0 fully saturated rings. The largest absolute Gasteiger partial charge is 0.494 e. The van der Waals surface area contributed by atoms with Crippen LogP contribution in [0.15, 0.2) is 30.6 Å². The summed E-state index contributed by atoms with van der Waals surface area (Å²) in [5.74, 6) is 0.677. The highest BCUT2D eigenvalue weighted by Crippen LogP contribution is 2.31. The third kappa shape index (κ3) is 4.30. The second-order valence-corrected chi connectivity index (χ2v) is 4.45. The average Bonchev–Trinajstić information content (AvgIpc) is 2.93. The minimum absolute atomic E-state index is 0.216. The van der Waals surface area contributed by atoms with E-state index >= 15 is 0 Å². The number of hydrogen-bond acceptors (Lipinski definition) is 7. The molecule has 0 aliphatic rings. The highest BCUT2D eigenvalue weighted by molar-refractivity contribution is 5.86. The van der Waals surface area contributed by atoms with Gasteiger partial charge in [-0.2, -0.15) is 10.1 Å². The van der Waals surface area contributed by atoms with Gasteiger partial charge in [-0.1, -0.05) is 0 Å². The molecule has 23 heavy (non-hydrogen) atoms. The van der Waals surface area contributed by atoms with E-state index in [1.165, 1.54) is 0 Å². The molecule has 0 amide bonds. The number of nitrogens with one attached hydrogen (secondary N) is 2. The lowest BCUT2D eigenvalue weighted by Crippen LogP contribution is -2.00. The molecule has 9 heteroatoms. The Morgan fingerprint density at radius 2 is 2.17 bits per heavy atom. The van der Waals surface area contributed by atoms with Gasteiger partial charge >= 0.3 is 0 Å². The number of carboxylic acid groups (broad SMARTS) is 1. The number of aromatic amines is 1. The number of rotatable bonds is 3. The predicted octanol–water partition coefficient (Wildman–Crippen LogP) is 1.78. The van der Waals surface area contributed by atoms with Crippen LogP contribution in [0.3, 0.4) is 0 Å². The maximum Gasteiger partial charge on any atom is 0.300 e. The number of nitrogens with zero attached hydrogens (tertiary/aromatic N) is 3. The van der Waals surface area contributed by atoms with Gasteiger partial charge in [0, 0.05) is 24.6 Å². The van der Waals surface area contributed by atoms with E-state index in [9.17, 15) is 0 Å². The maximum absolute atomic E-state index is 9.00. The third-order valence-electron chi connectivity index (χ3n) is 2.70. The van der Waals surface area contributed by atoms with Crippen LogP contribution in [-0.4, -0.2) is 38.4 Å². The zero-order valence-corrected chi connectivity index (χ0v) is 12.6. The number of nitrogens with two attached hydrogens (primary N) is 1. The summed E-state index contributed by atoms with van der Waals surface area (Å²) in [6.07, 6.45) is 3.34. The number of hydrogen-bond donors (Lipinski definition) is 4. The van der Waals surface area contributed by atoms with Crippen molar-refractivity contribution in [2.45, 2.75) is 6.92 Å². The summed E-state index contributed by atoms with van der Waals surface area (Å²) in [6, 6.07) is 5.53. The van der Waals surface area contributed by atoms with Crippen molar-refractivity contribution < 1.29 is 14.6 Å². The zero-order chi connectivity index (χ0) is 16.8. The summed E-state index contributed by atoms with van der Waals surface area (Å²) in [5, 5.41) is 18.4. The van der Waals surface area contributed by atoms with Crippen LogP contribution in [-0.2, 0) is 4.79 Å². The lowest BCUT2D eigenvalue weighted by molar-refractivity contribution is -0.134. The molecule has 0 spiro atoms. The molecule has 0 saturated heterocycles. The molecule has 0 saturated carbocycles. The van der Waals surface area contributed by atoms with Crippen LogP contribution in [0.1, 0.15) is 6.92 Å². The Morgan fingerprint density at radius 1 is 1.43 bits per heavy atom. The molecule has 2 heterocycles. The maximum atomic E-state index is 9.00. The van der Waals surface area contributed by atoms with Crippen molar-refractivity contribution in [2.75, 3.05) is 18.2 Å². The normalized spacial score (nSPS) is 9.83. The minimum atomic E-state index is -0.833. The van der Waals surface area contributed by atoms with Gasteiger partial charge in [0.2, 0.25) is 5.95 Å². The van der Waals surface area contributed by atoms with Crippen molar-refractivity contribution in [3.05, 3.63) is 30.6 Å². The van der Waals surface area contributed by atoms with Crippen molar-refractivity contribution in [2.24, 2.45) is 0 Å². The summed E-state index contributed by atoms with van der Waals surface area (Å²) < 4.78 is 5.34. The van der Waals surface area contributed by atoms with Crippen LogP contribution in [0.4, 0.5) is 17.5 Å². The molecule has 3 rings (SSSR count). The van der Waals surface area contributed by atoms with Crippen molar-refractivity contribution >= 4 is 34.3 Å². The predicted molar refractivity (Wildman–Crippen MR) is 85.7 cm³/mol.